The number of fused-ring (bicyclic) bond motifs is 1. The van der Waals surface area contributed by atoms with Gasteiger partial charge in [-0.1, -0.05) is 17.7 Å². The van der Waals surface area contributed by atoms with Gasteiger partial charge in [0, 0.05) is 24.2 Å². The lowest BCUT2D eigenvalue weighted by Gasteiger charge is -2.26. The van der Waals surface area contributed by atoms with Crippen LogP contribution in [0.2, 0.25) is 5.02 Å². The van der Waals surface area contributed by atoms with E-state index in [9.17, 15) is 16.8 Å². The molecule has 156 valence electrons. The molecule has 1 N–H and O–H groups in total. The second kappa shape index (κ2) is 7.98. The van der Waals surface area contributed by atoms with E-state index >= 15 is 0 Å². The van der Waals surface area contributed by atoms with Crippen LogP contribution in [-0.2, 0) is 31.2 Å². The third-order valence-corrected chi connectivity index (χ3v) is 8.86. The van der Waals surface area contributed by atoms with Gasteiger partial charge >= 0.3 is 0 Å². The van der Waals surface area contributed by atoms with Crippen molar-refractivity contribution in [3.05, 3.63) is 58.6 Å². The van der Waals surface area contributed by atoms with Crippen molar-refractivity contribution in [2.24, 2.45) is 0 Å². The maximum atomic E-state index is 12.8. The van der Waals surface area contributed by atoms with E-state index in [0.29, 0.717) is 24.7 Å². The summed E-state index contributed by atoms with van der Waals surface area (Å²) in [4.78, 5) is 0.0973. The van der Waals surface area contributed by atoms with Gasteiger partial charge in [0.15, 0.2) is 0 Å². The fraction of sp³-hybridized carbons (Fsp3) is 0.368. The van der Waals surface area contributed by atoms with E-state index in [-0.39, 0.29) is 28.9 Å². The molecular formula is C19H21ClN2O5S2. The third-order valence-electron chi connectivity index (χ3n) is 5.22. The van der Waals surface area contributed by atoms with E-state index < -0.39 is 20.0 Å². The second-order valence-electron chi connectivity index (χ2n) is 7.04. The van der Waals surface area contributed by atoms with Crippen molar-refractivity contribution in [3.63, 3.8) is 0 Å². The maximum Gasteiger partial charge on any atom is 0.243 e. The van der Waals surface area contributed by atoms with Gasteiger partial charge in [-0.05, 0) is 60.4 Å². The predicted octanol–water partition coefficient (Wildman–Crippen LogP) is 2.33. The SMILES string of the molecule is O=S(=O)(NC1CCc2cc(Cl)ccc21)c1ccc(S(=O)(=O)N2CCOCC2)cc1. The van der Waals surface area contributed by atoms with Crippen LogP contribution in [0.25, 0.3) is 0 Å². The molecule has 1 unspecified atom stereocenters. The minimum Gasteiger partial charge on any atom is -0.379 e. The molecular weight excluding hydrogens is 436 g/mol. The molecule has 1 atom stereocenters. The number of morpholine rings is 1. The van der Waals surface area contributed by atoms with Crippen LogP contribution in [0.3, 0.4) is 0 Å². The largest absolute Gasteiger partial charge is 0.379 e. The molecule has 1 heterocycles. The molecule has 29 heavy (non-hydrogen) atoms. The van der Waals surface area contributed by atoms with E-state index in [1.165, 1.54) is 28.6 Å². The molecule has 2 aliphatic rings. The average molecular weight is 457 g/mol. The van der Waals surface area contributed by atoms with Crippen molar-refractivity contribution in [1.82, 2.24) is 9.03 Å². The molecule has 0 radical (unpaired) electrons. The van der Waals surface area contributed by atoms with Crippen LogP contribution < -0.4 is 4.72 Å². The first kappa shape index (κ1) is 20.8. The summed E-state index contributed by atoms with van der Waals surface area (Å²) in [6.45, 7) is 1.28. The maximum absolute atomic E-state index is 12.8. The topological polar surface area (TPSA) is 92.8 Å². The van der Waals surface area contributed by atoms with Crippen LogP contribution in [0, 0.1) is 0 Å². The van der Waals surface area contributed by atoms with Gasteiger partial charge in [0.2, 0.25) is 20.0 Å². The molecule has 1 saturated heterocycles. The summed E-state index contributed by atoms with van der Waals surface area (Å²) >= 11 is 6.01. The zero-order valence-corrected chi connectivity index (χ0v) is 17.9. The molecule has 1 fully saturated rings. The highest BCUT2D eigenvalue weighted by Crippen LogP contribution is 2.34. The average Bonchev–Trinajstić information content (AvgIpc) is 3.10. The molecule has 2 aromatic rings. The first-order chi connectivity index (χ1) is 13.8. The summed E-state index contributed by atoms with van der Waals surface area (Å²) in [6.07, 6.45) is 1.40. The van der Waals surface area contributed by atoms with Crippen molar-refractivity contribution in [2.75, 3.05) is 26.3 Å². The van der Waals surface area contributed by atoms with E-state index in [2.05, 4.69) is 4.72 Å². The highest BCUT2D eigenvalue weighted by atomic mass is 35.5. The van der Waals surface area contributed by atoms with Gasteiger partial charge in [-0.25, -0.2) is 21.6 Å². The van der Waals surface area contributed by atoms with Gasteiger partial charge in [-0.15, -0.1) is 0 Å². The second-order valence-corrected chi connectivity index (χ2v) is 11.1. The van der Waals surface area contributed by atoms with Gasteiger partial charge in [0.05, 0.1) is 23.0 Å². The van der Waals surface area contributed by atoms with Gasteiger partial charge in [-0.2, -0.15) is 4.31 Å². The number of nitrogens with one attached hydrogen (secondary N) is 1. The summed E-state index contributed by atoms with van der Waals surface area (Å²) in [5, 5.41) is 0.629. The third kappa shape index (κ3) is 4.21. The number of hydrogen-bond donors (Lipinski definition) is 1. The lowest BCUT2D eigenvalue weighted by Crippen LogP contribution is -2.40. The molecule has 4 rings (SSSR count). The van der Waals surface area contributed by atoms with Gasteiger partial charge < -0.3 is 4.74 Å². The molecule has 10 heteroatoms. The van der Waals surface area contributed by atoms with E-state index in [1.54, 1.807) is 6.07 Å². The zero-order chi connectivity index (χ0) is 20.6. The molecule has 1 aliphatic carbocycles. The van der Waals surface area contributed by atoms with Gasteiger partial charge in [0.25, 0.3) is 0 Å². The minimum absolute atomic E-state index is 0.0286. The Kier molecular flexibility index (Phi) is 5.71. The van der Waals surface area contributed by atoms with Gasteiger partial charge in [-0.3, -0.25) is 0 Å². The highest BCUT2D eigenvalue weighted by Gasteiger charge is 2.29. The molecule has 1 aliphatic heterocycles. The smallest absolute Gasteiger partial charge is 0.243 e. The van der Waals surface area contributed by atoms with Gasteiger partial charge in [0.1, 0.15) is 0 Å². The minimum atomic E-state index is -3.80. The summed E-state index contributed by atoms with van der Waals surface area (Å²) in [5.74, 6) is 0. The first-order valence-electron chi connectivity index (χ1n) is 9.26. The Bertz CT molecular complexity index is 1110. The first-order valence-corrected chi connectivity index (χ1v) is 12.6. The Morgan fingerprint density at radius 1 is 0.966 bits per heavy atom. The summed E-state index contributed by atoms with van der Waals surface area (Å²) in [5.41, 5.74) is 1.96. The molecule has 0 bridgehead atoms. The van der Waals surface area contributed by atoms with E-state index in [1.807, 2.05) is 12.1 Å². The van der Waals surface area contributed by atoms with Crippen molar-refractivity contribution in [3.8, 4) is 0 Å². The number of benzene rings is 2. The summed E-state index contributed by atoms with van der Waals surface area (Å²) in [7, 11) is -7.46. The lowest BCUT2D eigenvalue weighted by molar-refractivity contribution is 0.0730. The number of ether oxygens (including phenoxy) is 1. The predicted molar refractivity (Wildman–Crippen MR) is 109 cm³/mol. The molecule has 0 aromatic heterocycles. The van der Waals surface area contributed by atoms with Crippen LogP contribution in [0.4, 0.5) is 0 Å². The number of hydrogen-bond acceptors (Lipinski definition) is 5. The Hall–Kier alpha value is -1.49. The van der Waals surface area contributed by atoms with Crippen molar-refractivity contribution >= 4 is 31.6 Å². The van der Waals surface area contributed by atoms with Crippen molar-refractivity contribution in [1.29, 1.82) is 0 Å². The zero-order valence-electron chi connectivity index (χ0n) is 15.5. The fourth-order valence-electron chi connectivity index (χ4n) is 3.69. The molecule has 7 nitrogen and oxygen atoms in total. The number of sulfonamides is 2. The fourth-order valence-corrected chi connectivity index (χ4v) is 6.54. The van der Waals surface area contributed by atoms with Crippen LogP contribution >= 0.6 is 11.6 Å². The number of halogens is 1. The van der Waals surface area contributed by atoms with Crippen molar-refractivity contribution < 1.29 is 21.6 Å². The standard InChI is InChI=1S/C19H21ClN2O5S2/c20-15-2-7-18-14(13-15)1-8-19(18)21-28(23,24)16-3-5-17(6-4-16)29(25,26)22-9-11-27-12-10-22/h2-7,13,19,21H,1,8-12H2. The Labute approximate surface area is 175 Å². The number of aryl methyl sites for hydroxylation is 1. The Morgan fingerprint density at radius 3 is 2.31 bits per heavy atom. The monoisotopic (exact) mass is 456 g/mol. The molecule has 0 amide bonds. The number of rotatable bonds is 5. The Morgan fingerprint density at radius 2 is 1.62 bits per heavy atom. The van der Waals surface area contributed by atoms with Crippen LogP contribution in [0.1, 0.15) is 23.6 Å². The molecule has 0 spiro atoms. The molecule has 0 saturated carbocycles. The van der Waals surface area contributed by atoms with E-state index in [0.717, 1.165) is 17.5 Å². The summed E-state index contributed by atoms with van der Waals surface area (Å²) < 4.78 is 60.3. The van der Waals surface area contributed by atoms with Crippen molar-refractivity contribution in [2.45, 2.75) is 28.7 Å². The Balaban J connectivity index is 1.53. The summed E-state index contributed by atoms with van der Waals surface area (Å²) in [6, 6.07) is 10.4. The van der Waals surface area contributed by atoms with E-state index in [4.69, 9.17) is 16.3 Å². The highest BCUT2D eigenvalue weighted by molar-refractivity contribution is 7.89. The normalized spacial score (nSPS) is 20.5. The van der Waals surface area contributed by atoms with Crippen LogP contribution in [0.15, 0.2) is 52.3 Å². The quantitative estimate of drug-likeness (QED) is 0.745. The van der Waals surface area contributed by atoms with Crippen LogP contribution in [-0.4, -0.2) is 47.4 Å². The van der Waals surface area contributed by atoms with Crippen LogP contribution in [0.5, 0.6) is 0 Å². The molecule has 2 aromatic carbocycles. The number of nitrogens with zero attached hydrogens (tertiary/aromatic N) is 1. The lowest BCUT2D eigenvalue weighted by atomic mass is 10.1.